The molecule has 0 bridgehead atoms. The summed E-state index contributed by atoms with van der Waals surface area (Å²) >= 11 is 0. The average Bonchev–Trinajstić information content (AvgIpc) is 3.15. The first-order valence-electron chi connectivity index (χ1n) is 7.01. The number of hydrogen-bond acceptors (Lipinski definition) is 5. The van der Waals surface area contributed by atoms with Gasteiger partial charge in [0.1, 0.15) is 6.04 Å². The lowest BCUT2D eigenvalue weighted by atomic mass is 10.1. The van der Waals surface area contributed by atoms with Crippen molar-refractivity contribution in [3.63, 3.8) is 0 Å². The van der Waals surface area contributed by atoms with Crippen LogP contribution in [0.25, 0.3) is 0 Å². The second kappa shape index (κ2) is 5.59. The van der Waals surface area contributed by atoms with Gasteiger partial charge >= 0.3 is 5.97 Å². The third-order valence-electron chi connectivity index (χ3n) is 3.70. The van der Waals surface area contributed by atoms with Gasteiger partial charge < -0.3 is 14.5 Å². The number of benzene rings is 1. The predicted octanol–water partition coefficient (Wildman–Crippen LogP) is 2.05. The second-order valence-electron chi connectivity index (χ2n) is 5.22. The standard InChI is InChI=1S/C15H15N3O4/c1-9-16-13(22-17-9)12-6-3-7-18(12)14(19)10-4-2-5-11(8-10)15(20)21/h2,4-5,8,12H,3,6-7H2,1H3,(H,20,21). The summed E-state index contributed by atoms with van der Waals surface area (Å²) in [5, 5.41) is 12.8. The first-order valence-corrected chi connectivity index (χ1v) is 7.01. The van der Waals surface area contributed by atoms with Gasteiger partial charge in [-0.15, -0.1) is 0 Å². The van der Waals surface area contributed by atoms with Gasteiger partial charge in [-0.05, 0) is 38.0 Å². The highest BCUT2D eigenvalue weighted by molar-refractivity contribution is 5.97. The molecule has 1 N–H and O–H groups in total. The molecule has 1 aromatic carbocycles. The fraction of sp³-hybridized carbons (Fsp3) is 0.333. The van der Waals surface area contributed by atoms with E-state index < -0.39 is 5.97 Å². The third kappa shape index (κ3) is 2.57. The van der Waals surface area contributed by atoms with E-state index in [-0.39, 0.29) is 17.5 Å². The maximum atomic E-state index is 12.7. The normalized spacial score (nSPS) is 17.7. The molecule has 0 radical (unpaired) electrons. The highest BCUT2D eigenvalue weighted by Crippen LogP contribution is 2.32. The van der Waals surface area contributed by atoms with Crippen molar-refractivity contribution in [3.05, 3.63) is 47.1 Å². The summed E-state index contributed by atoms with van der Waals surface area (Å²) in [4.78, 5) is 29.5. The molecule has 1 amide bonds. The van der Waals surface area contributed by atoms with Crippen molar-refractivity contribution >= 4 is 11.9 Å². The Balaban J connectivity index is 1.87. The van der Waals surface area contributed by atoms with Gasteiger partial charge in [-0.3, -0.25) is 4.79 Å². The number of aromatic carboxylic acids is 1. The number of carbonyl (C=O) groups excluding carboxylic acids is 1. The lowest BCUT2D eigenvalue weighted by Crippen LogP contribution is -2.30. The number of nitrogens with zero attached hydrogens (tertiary/aromatic N) is 3. The molecule has 0 aliphatic carbocycles. The average molecular weight is 301 g/mol. The summed E-state index contributed by atoms with van der Waals surface area (Å²) in [7, 11) is 0. The molecule has 1 fully saturated rings. The van der Waals surface area contributed by atoms with E-state index in [1.165, 1.54) is 12.1 Å². The first-order chi connectivity index (χ1) is 10.6. The largest absolute Gasteiger partial charge is 0.478 e. The van der Waals surface area contributed by atoms with Gasteiger partial charge in [-0.2, -0.15) is 4.98 Å². The van der Waals surface area contributed by atoms with Gasteiger partial charge in [-0.25, -0.2) is 4.79 Å². The van der Waals surface area contributed by atoms with E-state index >= 15 is 0 Å². The molecule has 3 rings (SSSR count). The van der Waals surface area contributed by atoms with Crippen molar-refractivity contribution in [2.24, 2.45) is 0 Å². The minimum Gasteiger partial charge on any atom is -0.478 e. The number of carboxylic acids is 1. The van der Waals surface area contributed by atoms with Crippen LogP contribution >= 0.6 is 0 Å². The number of aromatic nitrogens is 2. The van der Waals surface area contributed by atoms with Crippen LogP contribution in [0.2, 0.25) is 0 Å². The zero-order valence-corrected chi connectivity index (χ0v) is 12.0. The summed E-state index contributed by atoms with van der Waals surface area (Å²) in [6.45, 7) is 2.31. The molecule has 1 unspecified atom stereocenters. The lowest BCUT2D eigenvalue weighted by molar-refractivity contribution is 0.0697. The zero-order chi connectivity index (χ0) is 15.7. The number of rotatable bonds is 3. The van der Waals surface area contributed by atoms with Crippen molar-refractivity contribution in [1.82, 2.24) is 15.0 Å². The van der Waals surface area contributed by atoms with Gasteiger partial charge in [0.25, 0.3) is 5.91 Å². The van der Waals surface area contributed by atoms with Crippen LogP contribution in [0.1, 0.15) is 51.3 Å². The summed E-state index contributed by atoms with van der Waals surface area (Å²) in [5.41, 5.74) is 0.443. The smallest absolute Gasteiger partial charge is 0.335 e. The van der Waals surface area contributed by atoms with Crippen LogP contribution in [0.3, 0.4) is 0 Å². The minimum absolute atomic E-state index is 0.0928. The Kier molecular flexibility index (Phi) is 3.62. The van der Waals surface area contributed by atoms with E-state index in [1.807, 2.05) is 0 Å². The molecule has 114 valence electrons. The molecule has 1 aliphatic rings. The minimum atomic E-state index is -1.06. The molecule has 2 aromatic rings. The van der Waals surface area contributed by atoms with Crippen LogP contribution in [0, 0.1) is 6.92 Å². The molecule has 0 saturated carbocycles. The maximum Gasteiger partial charge on any atom is 0.335 e. The topological polar surface area (TPSA) is 96.5 Å². The van der Waals surface area contributed by atoms with E-state index in [0.29, 0.717) is 23.8 Å². The number of likely N-dealkylation sites (tertiary alicyclic amines) is 1. The SMILES string of the molecule is Cc1noc(C2CCCN2C(=O)c2cccc(C(=O)O)c2)n1. The van der Waals surface area contributed by atoms with E-state index in [1.54, 1.807) is 24.0 Å². The van der Waals surface area contributed by atoms with Crippen LogP contribution in [0.5, 0.6) is 0 Å². The van der Waals surface area contributed by atoms with Crippen LogP contribution in [0.4, 0.5) is 0 Å². The Morgan fingerprint density at radius 2 is 2.14 bits per heavy atom. The number of hydrogen-bond donors (Lipinski definition) is 1. The second-order valence-corrected chi connectivity index (χ2v) is 5.22. The third-order valence-corrected chi connectivity index (χ3v) is 3.70. The van der Waals surface area contributed by atoms with Gasteiger partial charge in [0, 0.05) is 12.1 Å². The summed E-state index contributed by atoms with van der Waals surface area (Å²) in [6.07, 6.45) is 1.60. The summed E-state index contributed by atoms with van der Waals surface area (Å²) in [5.74, 6) is -0.318. The predicted molar refractivity (Wildman–Crippen MR) is 75.4 cm³/mol. The van der Waals surface area contributed by atoms with E-state index in [0.717, 1.165) is 12.8 Å². The quantitative estimate of drug-likeness (QED) is 0.932. The fourth-order valence-electron chi connectivity index (χ4n) is 2.67. The number of amides is 1. The molecule has 7 nitrogen and oxygen atoms in total. The molecule has 0 spiro atoms. The molecule has 1 aromatic heterocycles. The first kappa shape index (κ1) is 14.2. The molecule has 2 heterocycles. The number of aryl methyl sites for hydroxylation is 1. The van der Waals surface area contributed by atoms with Crippen molar-refractivity contribution in [2.75, 3.05) is 6.54 Å². The Morgan fingerprint density at radius 3 is 2.82 bits per heavy atom. The highest BCUT2D eigenvalue weighted by Gasteiger charge is 2.34. The van der Waals surface area contributed by atoms with Gasteiger partial charge in [0.2, 0.25) is 5.89 Å². The van der Waals surface area contributed by atoms with E-state index in [4.69, 9.17) is 9.63 Å². The van der Waals surface area contributed by atoms with E-state index in [2.05, 4.69) is 10.1 Å². The van der Waals surface area contributed by atoms with Gasteiger partial charge in [0.05, 0.1) is 5.56 Å². The van der Waals surface area contributed by atoms with Gasteiger partial charge in [0.15, 0.2) is 5.82 Å². The molecule has 1 saturated heterocycles. The summed E-state index contributed by atoms with van der Waals surface area (Å²) < 4.78 is 5.18. The zero-order valence-electron chi connectivity index (χ0n) is 12.0. The van der Waals surface area contributed by atoms with Crippen LogP contribution in [-0.2, 0) is 0 Å². The monoisotopic (exact) mass is 301 g/mol. The molecular weight excluding hydrogens is 286 g/mol. The van der Waals surface area contributed by atoms with Crippen molar-refractivity contribution in [3.8, 4) is 0 Å². The highest BCUT2D eigenvalue weighted by atomic mass is 16.5. The Bertz CT molecular complexity index is 725. The number of carboxylic acid groups (broad SMARTS) is 1. The Morgan fingerprint density at radius 1 is 1.36 bits per heavy atom. The van der Waals surface area contributed by atoms with Crippen molar-refractivity contribution < 1.29 is 19.2 Å². The Hall–Kier alpha value is -2.70. The van der Waals surface area contributed by atoms with Crippen molar-refractivity contribution in [1.29, 1.82) is 0 Å². The molecule has 22 heavy (non-hydrogen) atoms. The van der Waals surface area contributed by atoms with Crippen LogP contribution < -0.4 is 0 Å². The van der Waals surface area contributed by atoms with Crippen LogP contribution in [0.15, 0.2) is 28.8 Å². The van der Waals surface area contributed by atoms with E-state index in [9.17, 15) is 9.59 Å². The van der Waals surface area contributed by atoms with Crippen molar-refractivity contribution in [2.45, 2.75) is 25.8 Å². The Labute approximate surface area is 126 Å². The lowest BCUT2D eigenvalue weighted by Gasteiger charge is -2.22. The van der Waals surface area contributed by atoms with Gasteiger partial charge in [-0.1, -0.05) is 11.2 Å². The molecular formula is C15H15N3O4. The fourth-order valence-corrected chi connectivity index (χ4v) is 2.67. The molecule has 1 aliphatic heterocycles. The summed E-state index contributed by atoms with van der Waals surface area (Å²) in [6, 6.07) is 5.78. The maximum absolute atomic E-state index is 12.7. The number of carbonyl (C=O) groups is 2. The molecule has 7 heteroatoms. The molecule has 1 atom stereocenters. The van der Waals surface area contributed by atoms with Crippen LogP contribution in [-0.4, -0.2) is 38.6 Å².